The monoisotopic (exact) mass is 192 g/mol. The van der Waals surface area contributed by atoms with Crippen molar-refractivity contribution in [1.29, 1.82) is 0 Å². The van der Waals surface area contributed by atoms with Gasteiger partial charge in [0.25, 0.3) is 0 Å². The van der Waals surface area contributed by atoms with Crippen LogP contribution in [-0.2, 0) is 9.59 Å². The second kappa shape index (κ2) is 11.6. The Balaban J connectivity index is 3.09. The minimum absolute atomic E-state index is 0.629. The molecule has 0 bridgehead atoms. The lowest BCUT2D eigenvalue weighted by Crippen LogP contribution is -1.77. The maximum atomic E-state index is 9.91. The zero-order chi connectivity index (χ0) is 10.5. The van der Waals surface area contributed by atoms with Crippen LogP contribution in [0.15, 0.2) is 12.2 Å². The van der Waals surface area contributed by atoms with Crippen LogP contribution in [0.1, 0.15) is 38.5 Å². The Morgan fingerprint density at radius 1 is 1.00 bits per heavy atom. The lowest BCUT2D eigenvalue weighted by molar-refractivity contribution is -0.104. The highest BCUT2D eigenvalue weighted by Crippen LogP contribution is 2.04. The van der Waals surface area contributed by atoms with E-state index in [0.29, 0.717) is 6.29 Å². The number of allylic oxidation sites excluding steroid dienone is 2. The van der Waals surface area contributed by atoms with Crippen molar-refractivity contribution in [1.82, 2.24) is 0 Å². The number of aldehydes is 2. The fourth-order valence-corrected chi connectivity index (χ4v) is 1.09. The van der Waals surface area contributed by atoms with E-state index in [1.807, 2.05) is 6.08 Å². The van der Waals surface area contributed by atoms with Crippen LogP contribution in [-0.4, -0.2) is 12.6 Å². The van der Waals surface area contributed by atoms with E-state index in [-0.39, 0.29) is 0 Å². The van der Waals surface area contributed by atoms with Gasteiger partial charge in [0.15, 0.2) is 6.29 Å². The summed E-state index contributed by atoms with van der Waals surface area (Å²) in [6.45, 7) is 0. The van der Waals surface area contributed by atoms with Gasteiger partial charge >= 0.3 is 0 Å². The molecule has 0 aromatic carbocycles. The summed E-state index contributed by atoms with van der Waals surface area (Å²) >= 11 is 0. The van der Waals surface area contributed by atoms with Gasteiger partial charge in [-0.1, -0.05) is 24.8 Å². The minimum atomic E-state index is 0.629. The number of unbranched alkanes of at least 4 members (excludes halogenated alkanes) is 5. The molecular formula is C12H16O2. The third-order valence-corrected chi connectivity index (χ3v) is 1.80. The summed E-state index contributed by atoms with van der Waals surface area (Å²) in [5.74, 6) is 5.15. The molecule has 0 aromatic rings. The fraction of sp³-hybridized carbons (Fsp3) is 0.500. The van der Waals surface area contributed by atoms with Crippen LogP contribution in [0.3, 0.4) is 0 Å². The van der Waals surface area contributed by atoms with Gasteiger partial charge in [0.2, 0.25) is 0 Å². The van der Waals surface area contributed by atoms with Crippen molar-refractivity contribution in [3.63, 3.8) is 0 Å². The fourth-order valence-electron chi connectivity index (χ4n) is 1.09. The Labute approximate surface area is 85.4 Å². The first kappa shape index (κ1) is 12.6. The molecule has 0 rings (SSSR count). The Bertz CT molecular complexity index is 230. The third-order valence-electron chi connectivity index (χ3n) is 1.80. The number of rotatable bonds is 7. The van der Waals surface area contributed by atoms with E-state index >= 15 is 0 Å². The predicted octanol–water partition coefficient (Wildman–Crippen LogP) is 2.28. The van der Waals surface area contributed by atoms with Crippen LogP contribution in [0.5, 0.6) is 0 Å². The molecule has 14 heavy (non-hydrogen) atoms. The number of hydrogen-bond donors (Lipinski definition) is 0. The van der Waals surface area contributed by atoms with Gasteiger partial charge in [0.05, 0.1) is 0 Å². The molecule has 2 heteroatoms. The van der Waals surface area contributed by atoms with E-state index in [4.69, 9.17) is 0 Å². The van der Waals surface area contributed by atoms with E-state index in [0.717, 1.165) is 44.8 Å². The minimum Gasteiger partial charge on any atom is -0.299 e. The van der Waals surface area contributed by atoms with Crippen molar-refractivity contribution in [3.8, 4) is 11.8 Å². The van der Waals surface area contributed by atoms with Gasteiger partial charge in [-0.25, -0.2) is 0 Å². The normalized spacial score (nSPS) is 9.43. The summed E-state index contributed by atoms with van der Waals surface area (Å²) < 4.78 is 0. The van der Waals surface area contributed by atoms with Gasteiger partial charge in [-0.3, -0.25) is 9.59 Å². The molecule has 0 N–H and O–H groups in total. The summed E-state index contributed by atoms with van der Waals surface area (Å²) in [7, 11) is 0. The van der Waals surface area contributed by atoms with E-state index in [2.05, 4.69) is 11.8 Å². The molecule has 0 aliphatic carbocycles. The van der Waals surface area contributed by atoms with Crippen LogP contribution >= 0.6 is 0 Å². The van der Waals surface area contributed by atoms with Crippen LogP contribution in [0, 0.1) is 11.8 Å². The average Bonchev–Trinajstić information content (AvgIpc) is 2.21. The van der Waals surface area contributed by atoms with Crippen LogP contribution in [0.2, 0.25) is 0 Å². The summed E-state index contributed by atoms with van der Waals surface area (Å²) in [5.41, 5.74) is 0. The summed E-state index contributed by atoms with van der Waals surface area (Å²) in [6, 6.07) is 0. The van der Waals surface area contributed by atoms with Gasteiger partial charge < -0.3 is 0 Å². The zero-order valence-electron chi connectivity index (χ0n) is 8.37. The highest BCUT2D eigenvalue weighted by Gasteiger charge is 1.86. The molecule has 0 aliphatic heterocycles. The van der Waals surface area contributed by atoms with Crippen molar-refractivity contribution in [3.05, 3.63) is 12.2 Å². The first-order valence-electron chi connectivity index (χ1n) is 4.94. The van der Waals surface area contributed by atoms with Crippen LogP contribution in [0.25, 0.3) is 0 Å². The van der Waals surface area contributed by atoms with Gasteiger partial charge in [-0.2, -0.15) is 0 Å². The first-order chi connectivity index (χ1) is 6.91. The van der Waals surface area contributed by atoms with E-state index in [1.165, 1.54) is 6.08 Å². The Morgan fingerprint density at radius 3 is 2.50 bits per heavy atom. The van der Waals surface area contributed by atoms with Gasteiger partial charge in [-0.15, -0.1) is 0 Å². The zero-order valence-corrected chi connectivity index (χ0v) is 8.37. The molecule has 0 aromatic heterocycles. The predicted molar refractivity (Wildman–Crippen MR) is 56.7 cm³/mol. The molecule has 0 fully saturated rings. The Kier molecular flexibility index (Phi) is 10.5. The van der Waals surface area contributed by atoms with Crippen molar-refractivity contribution < 1.29 is 9.59 Å². The Hall–Kier alpha value is -1.36. The topological polar surface area (TPSA) is 34.1 Å². The van der Waals surface area contributed by atoms with Crippen molar-refractivity contribution in [2.45, 2.75) is 38.5 Å². The number of carbonyl (C=O) groups is 2. The van der Waals surface area contributed by atoms with Crippen molar-refractivity contribution in [2.75, 3.05) is 0 Å². The van der Waals surface area contributed by atoms with E-state index in [9.17, 15) is 9.59 Å². The second-order valence-corrected chi connectivity index (χ2v) is 2.96. The van der Waals surface area contributed by atoms with E-state index < -0.39 is 0 Å². The van der Waals surface area contributed by atoms with Gasteiger partial charge in [0, 0.05) is 6.42 Å². The third kappa shape index (κ3) is 10.6. The lowest BCUT2D eigenvalue weighted by atomic mass is 10.1. The smallest absolute Gasteiger partial charge is 0.192 e. The molecule has 0 atom stereocenters. The number of carbonyl (C=O) groups excluding carboxylic acids is 2. The molecule has 0 saturated carbocycles. The maximum Gasteiger partial charge on any atom is 0.192 e. The highest BCUT2D eigenvalue weighted by molar-refractivity contribution is 5.72. The van der Waals surface area contributed by atoms with E-state index in [1.54, 1.807) is 0 Å². The lowest BCUT2D eigenvalue weighted by Gasteiger charge is -1.94. The second-order valence-electron chi connectivity index (χ2n) is 2.96. The van der Waals surface area contributed by atoms with Crippen LogP contribution in [0.4, 0.5) is 0 Å². The maximum absolute atomic E-state index is 9.91. The SMILES string of the molecule is O=CC#CCCCCCC/C=C/C=O. The molecule has 0 spiro atoms. The first-order valence-corrected chi connectivity index (χ1v) is 4.94. The molecule has 0 saturated heterocycles. The molecule has 0 heterocycles. The quantitative estimate of drug-likeness (QED) is 0.268. The molecule has 0 unspecified atom stereocenters. The van der Waals surface area contributed by atoms with Gasteiger partial charge in [0.1, 0.15) is 6.29 Å². The number of hydrogen-bond acceptors (Lipinski definition) is 2. The molecule has 76 valence electrons. The molecule has 2 nitrogen and oxygen atoms in total. The molecule has 0 aliphatic rings. The summed E-state index contributed by atoms with van der Waals surface area (Å²) in [6.07, 6.45) is 11.1. The molecule has 0 radical (unpaired) electrons. The summed E-state index contributed by atoms with van der Waals surface area (Å²) in [4.78, 5) is 19.7. The molecule has 0 amide bonds. The highest BCUT2D eigenvalue weighted by atomic mass is 16.1. The van der Waals surface area contributed by atoms with Crippen LogP contribution < -0.4 is 0 Å². The largest absolute Gasteiger partial charge is 0.299 e. The average molecular weight is 192 g/mol. The van der Waals surface area contributed by atoms with Crippen molar-refractivity contribution in [2.24, 2.45) is 0 Å². The standard InChI is InChI=1S/C12H16O2/c13-11-9-7-5-3-1-2-4-6-8-10-12-14/h7,9,11-12H,1-6H2/b9-7+. The molecular weight excluding hydrogens is 176 g/mol. The van der Waals surface area contributed by atoms with Gasteiger partial charge in [-0.05, 0) is 31.3 Å². The van der Waals surface area contributed by atoms with Crippen molar-refractivity contribution >= 4 is 12.6 Å². The summed E-state index contributed by atoms with van der Waals surface area (Å²) in [5, 5.41) is 0. The Morgan fingerprint density at radius 2 is 1.79 bits per heavy atom.